The predicted molar refractivity (Wildman–Crippen MR) is 53.2 cm³/mol. The molecular formula is C6H5Br2N3O2. The van der Waals surface area contributed by atoms with E-state index in [-0.39, 0.29) is 11.5 Å². The third-order valence-corrected chi connectivity index (χ3v) is 2.35. The molecule has 0 amide bonds. The zero-order valence-corrected chi connectivity index (χ0v) is 9.72. The normalized spacial score (nSPS) is 9.77. The van der Waals surface area contributed by atoms with Crippen LogP contribution in [0, 0.1) is 0 Å². The summed E-state index contributed by atoms with van der Waals surface area (Å²) in [5.41, 5.74) is 5.49. The first kappa shape index (κ1) is 10.4. The lowest BCUT2D eigenvalue weighted by Gasteiger charge is -2.02. The number of halogens is 2. The van der Waals surface area contributed by atoms with E-state index in [1.807, 2.05) is 0 Å². The van der Waals surface area contributed by atoms with Crippen molar-refractivity contribution >= 4 is 43.6 Å². The second-order valence-electron chi connectivity index (χ2n) is 2.03. The number of carbonyl (C=O) groups excluding carboxylic acids is 1. The second kappa shape index (κ2) is 4.01. The molecule has 0 aliphatic heterocycles. The van der Waals surface area contributed by atoms with Crippen molar-refractivity contribution in [2.45, 2.75) is 0 Å². The minimum Gasteiger partial charge on any atom is -0.464 e. The van der Waals surface area contributed by atoms with Crippen LogP contribution < -0.4 is 5.73 Å². The Morgan fingerprint density at radius 1 is 1.38 bits per heavy atom. The van der Waals surface area contributed by atoms with Gasteiger partial charge < -0.3 is 10.5 Å². The zero-order chi connectivity index (χ0) is 10.0. The van der Waals surface area contributed by atoms with E-state index in [4.69, 9.17) is 5.73 Å². The molecule has 0 aliphatic carbocycles. The fourth-order valence-electron chi connectivity index (χ4n) is 0.636. The third-order valence-electron chi connectivity index (χ3n) is 1.21. The highest BCUT2D eigenvalue weighted by Crippen LogP contribution is 2.20. The van der Waals surface area contributed by atoms with Gasteiger partial charge in [0.2, 0.25) is 0 Å². The zero-order valence-electron chi connectivity index (χ0n) is 6.54. The van der Waals surface area contributed by atoms with Crippen LogP contribution in [0.15, 0.2) is 9.21 Å². The molecule has 1 rings (SSSR count). The molecule has 7 heteroatoms. The van der Waals surface area contributed by atoms with Gasteiger partial charge in [0.05, 0.1) is 7.11 Å². The van der Waals surface area contributed by atoms with Gasteiger partial charge in [0, 0.05) is 0 Å². The van der Waals surface area contributed by atoms with Crippen LogP contribution >= 0.6 is 31.9 Å². The fourth-order valence-corrected chi connectivity index (χ4v) is 1.57. The molecule has 0 unspecified atom stereocenters. The van der Waals surface area contributed by atoms with E-state index in [1.54, 1.807) is 0 Å². The van der Waals surface area contributed by atoms with Crippen molar-refractivity contribution in [1.82, 2.24) is 9.97 Å². The first-order valence-electron chi connectivity index (χ1n) is 3.13. The third kappa shape index (κ3) is 2.16. The monoisotopic (exact) mass is 309 g/mol. The van der Waals surface area contributed by atoms with Gasteiger partial charge in [-0.15, -0.1) is 0 Å². The van der Waals surface area contributed by atoms with Crippen LogP contribution in [-0.4, -0.2) is 23.0 Å². The lowest BCUT2D eigenvalue weighted by atomic mass is 10.4. The number of anilines is 1. The van der Waals surface area contributed by atoms with Gasteiger partial charge in [0.25, 0.3) is 0 Å². The molecule has 2 N–H and O–H groups in total. The molecule has 1 heterocycles. The molecule has 0 saturated carbocycles. The smallest absolute Gasteiger partial charge is 0.359 e. The van der Waals surface area contributed by atoms with E-state index < -0.39 is 5.97 Å². The minimum atomic E-state index is -0.585. The van der Waals surface area contributed by atoms with Crippen molar-refractivity contribution in [3.05, 3.63) is 14.9 Å². The van der Waals surface area contributed by atoms with Crippen molar-refractivity contribution in [3.63, 3.8) is 0 Å². The van der Waals surface area contributed by atoms with Crippen molar-refractivity contribution in [2.24, 2.45) is 0 Å². The van der Waals surface area contributed by atoms with E-state index in [9.17, 15) is 4.79 Å². The van der Waals surface area contributed by atoms with Gasteiger partial charge in [-0.05, 0) is 31.9 Å². The summed E-state index contributed by atoms with van der Waals surface area (Å²) in [6, 6.07) is 0. The molecular weight excluding hydrogens is 306 g/mol. The van der Waals surface area contributed by atoms with Crippen LogP contribution in [0.2, 0.25) is 0 Å². The highest BCUT2D eigenvalue weighted by Gasteiger charge is 2.15. The van der Waals surface area contributed by atoms with E-state index in [0.717, 1.165) is 0 Å². The summed E-state index contributed by atoms with van der Waals surface area (Å²) >= 11 is 6.13. The molecule has 0 aliphatic rings. The lowest BCUT2D eigenvalue weighted by molar-refractivity contribution is 0.0592. The largest absolute Gasteiger partial charge is 0.464 e. The summed E-state index contributed by atoms with van der Waals surface area (Å²) in [6.07, 6.45) is 0. The summed E-state index contributed by atoms with van der Waals surface area (Å²) in [5, 5.41) is 0. The van der Waals surface area contributed by atoms with Crippen LogP contribution in [-0.2, 0) is 4.74 Å². The molecule has 0 aromatic carbocycles. The Bertz CT molecular complexity index is 356. The first-order valence-corrected chi connectivity index (χ1v) is 4.71. The summed E-state index contributed by atoms with van der Waals surface area (Å²) in [5.74, 6) is -0.442. The maximum absolute atomic E-state index is 11.1. The Balaban J connectivity index is 3.23. The predicted octanol–water partition coefficient (Wildman–Crippen LogP) is 1.37. The number of esters is 1. The molecule has 0 bridgehead atoms. The van der Waals surface area contributed by atoms with Crippen molar-refractivity contribution in [2.75, 3.05) is 12.8 Å². The average Bonchev–Trinajstić information content (AvgIpc) is 2.10. The standard InChI is InChI=1S/C6H5Br2N3O2/c1-13-6(12)2-3(7)11-4(8)5(9)10-2/h1H3,(H2,9,10). The first-order chi connectivity index (χ1) is 6.06. The highest BCUT2D eigenvalue weighted by atomic mass is 79.9. The van der Waals surface area contributed by atoms with Crippen molar-refractivity contribution < 1.29 is 9.53 Å². The Morgan fingerprint density at radius 2 is 2.00 bits per heavy atom. The molecule has 0 saturated heterocycles. The Hall–Kier alpha value is -0.690. The van der Waals surface area contributed by atoms with Crippen molar-refractivity contribution in [1.29, 1.82) is 0 Å². The number of nitrogens with two attached hydrogens (primary N) is 1. The molecule has 0 spiro atoms. The molecule has 0 fully saturated rings. The van der Waals surface area contributed by atoms with Crippen LogP contribution in [0.25, 0.3) is 0 Å². The van der Waals surface area contributed by atoms with E-state index in [1.165, 1.54) is 7.11 Å². The summed E-state index contributed by atoms with van der Waals surface area (Å²) < 4.78 is 5.14. The lowest BCUT2D eigenvalue weighted by Crippen LogP contribution is -2.09. The van der Waals surface area contributed by atoms with Crippen molar-refractivity contribution in [3.8, 4) is 0 Å². The van der Waals surface area contributed by atoms with Crippen LogP contribution in [0.3, 0.4) is 0 Å². The molecule has 0 radical (unpaired) electrons. The highest BCUT2D eigenvalue weighted by molar-refractivity contribution is 9.11. The molecule has 0 atom stereocenters. The maximum Gasteiger partial charge on any atom is 0.359 e. The number of hydrogen-bond acceptors (Lipinski definition) is 5. The maximum atomic E-state index is 11.1. The van der Waals surface area contributed by atoms with Gasteiger partial charge in [-0.25, -0.2) is 14.8 Å². The summed E-state index contributed by atoms with van der Waals surface area (Å²) in [6.45, 7) is 0. The van der Waals surface area contributed by atoms with Crippen LogP contribution in [0.5, 0.6) is 0 Å². The minimum absolute atomic E-state index is 0.0585. The molecule has 5 nitrogen and oxygen atoms in total. The molecule has 13 heavy (non-hydrogen) atoms. The second-order valence-corrected chi connectivity index (χ2v) is 3.53. The number of nitrogens with zero attached hydrogens (tertiary/aromatic N) is 2. The number of methoxy groups -OCH3 is 1. The van der Waals surface area contributed by atoms with E-state index in [2.05, 4.69) is 46.6 Å². The summed E-state index contributed by atoms with van der Waals surface area (Å²) in [7, 11) is 1.26. The van der Waals surface area contributed by atoms with Crippen LogP contribution in [0.1, 0.15) is 10.5 Å². The SMILES string of the molecule is COC(=O)c1nc(N)c(Br)nc1Br. The van der Waals surface area contributed by atoms with E-state index in [0.29, 0.717) is 9.21 Å². The summed E-state index contributed by atoms with van der Waals surface area (Å²) in [4.78, 5) is 18.7. The topological polar surface area (TPSA) is 78.1 Å². The number of carbonyl (C=O) groups is 1. The van der Waals surface area contributed by atoms with Gasteiger partial charge in [-0.3, -0.25) is 0 Å². The average molecular weight is 311 g/mol. The van der Waals surface area contributed by atoms with Gasteiger partial charge in [0.1, 0.15) is 9.21 Å². The Morgan fingerprint density at radius 3 is 2.54 bits per heavy atom. The molecule has 1 aromatic rings. The number of aromatic nitrogens is 2. The van der Waals surface area contributed by atoms with Gasteiger partial charge in [0.15, 0.2) is 11.5 Å². The quantitative estimate of drug-likeness (QED) is 0.793. The number of nitrogen functional groups attached to an aromatic ring is 1. The van der Waals surface area contributed by atoms with Gasteiger partial charge in [-0.1, -0.05) is 0 Å². The number of ether oxygens (including phenoxy) is 1. The number of hydrogen-bond donors (Lipinski definition) is 1. The molecule has 1 aromatic heterocycles. The number of rotatable bonds is 1. The Kier molecular flexibility index (Phi) is 3.21. The fraction of sp³-hybridized carbons (Fsp3) is 0.167. The van der Waals surface area contributed by atoms with E-state index >= 15 is 0 Å². The van der Waals surface area contributed by atoms with Gasteiger partial charge in [-0.2, -0.15) is 0 Å². The van der Waals surface area contributed by atoms with Crippen LogP contribution in [0.4, 0.5) is 5.82 Å². The molecule has 70 valence electrons. The Labute approximate surface area is 91.0 Å². The van der Waals surface area contributed by atoms with Gasteiger partial charge >= 0.3 is 5.97 Å².